The first-order valence-corrected chi connectivity index (χ1v) is 5.69. The molecule has 16 heavy (non-hydrogen) atoms. The van der Waals surface area contributed by atoms with Crippen molar-refractivity contribution in [3.8, 4) is 0 Å². The van der Waals surface area contributed by atoms with Gasteiger partial charge in [0, 0.05) is 19.3 Å². The summed E-state index contributed by atoms with van der Waals surface area (Å²) in [5.74, 6) is -0.0490. The number of piperidine rings is 1. The highest BCUT2D eigenvalue weighted by molar-refractivity contribution is 6.32. The monoisotopic (exact) mass is 238 g/mol. The number of aromatic nitrogens is 1. The molecule has 1 amide bonds. The van der Waals surface area contributed by atoms with E-state index in [0.29, 0.717) is 18.2 Å². The number of ether oxygens (including phenoxy) is 1. The lowest BCUT2D eigenvalue weighted by Crippen LogP contribution is -2.39. The van der Waals surface area contributed by atoms with E-state index in [1.54, 1.807) is 23.2 Å². The minimum absolute atomic E-state index is 0.0490. The second-order valence-electron chi connectivity index (χ2n) is 4.09. The fraction of sp³-hybridized carbons (Fsp3) is 0.455. The summed E-state index contributed by atoms with van der Waals surface area (Å²) in [6, 6.07) is 3.43. The molecule has 0 bridgehead atoms. The molecule has 0 radical (unpaired) electrons. The lowest BCUT2D eigenvalue weighted by atomic mass is 10.1. The zero-order valence-electron chi connectivity index (χ0n) is 8.60. The van der Waals surface area contributed by atoms with Crippen LogP contribution in [0.5, 0.6) is 0 Å². The average molecular weight is 239 g/mol. The molecule has 0 spiro atoms. The summed E-state index contributed by atoms with van der Waals surface area (Å²) in [5, 5.41) is 0.270. The van der Waals surface area contributed by atoms with Crippen LogP contribution in [0.25, 0.3) is 0 Å². The van der Waals surface area contributed by atoms with Crippen LogP contribution in [0.3, 0.4) is 0 Å². The Morgan fingerprint density at radius 2 is 2.44 bits per heavy atom. The normalized spacial score (nSPS) is 27.4. The standard InChI is InChI=1S/C11H11ClN2O2/c12-10-7(2-1-4-13-10)11(15)14-5-3-8-9(6-14)16-8/h1-2,4,8-9H,3,5-6H2. The summed E-state index contributed by atoms with van der Waals surface area (Å²) < 4.78 is 5.38. The van der Waals surface area contributed by atoms with E-state index in [9.17, 15) is 4.79 Å². The van der Waals surface area contributed by atoms with Crippen LogP contribution >= 0.6 is 11.6 Å². The number of pyridine rings is 1. The average Bonchev–Trinajstić information content (AvgIpc) is 3.06. The maximum atomic E-state index is 12.1. The molecule has 1 aromatic rings. The zero-order chi connectivity index (χ0) is 11.1. The largest absolute Gasteiger partial charge is 0.368 e. The third-order valence-electron chi connectivity index (χ3n) is 3.05. The summed E-state index contributed by atoms with van der Waals surface area (Å²) in [6.45, 7) is 1.42. The summed E-state index contributed by atoms with van der Waals surface area (Å²) >= 11 is 5.90. The Balaban J connectivity index is 1.79. The van der Waals surface area contributed by atoms with Gasteiger partial charge in [-0.2, -0.15) is 0 Å². The van der Waals surface area contributed by atoms with Gasteiger partial charge in [0.2, 0.25) is 0 Å². The van der Waals surface area contributed by atoms with Crippen LogP contribution < -0.4 is 0 Å². The van der Waals surface area contributed by atoms with Crippen molar-refractivity contribution in [2.24, 2.45) is 0 Å². The van der Waals surface area contributed by atoms with Crippen LogP contribution in [0, 0.1) is 0 Å². The van der Waals surface area contributed by atoms with E-state index >= 15 is 0 Å². The van der Waals surface area contributed by atoms with Gasteiger partial charge < -0.3 is 9.64 Å². The van der Waals surface area contributed by atoms with Gasteiger partial charge in [0.1, 0.15) is 11.3 Å². The van der Waals surface area contributed by atoms with Gasteiger partial charge in [-0.25, -0.2) is 4.98 Å². The van der Waals surface area contributed by atoms with Crippen molar-refractivity contribution >= 4 is 17.5 Å². The van der Waals surface area contributed by atoms with Crippen LogP contribution in [0.4, 0.5) is 0 Å². The number of fused-ring (bicyclic) bond motifs is 1. The fourth-order valence-corrected chi connectivity index (χ4v) is 2.29. The van der Waals surface area contributed by atoms with Crippen LogP contribution in [0.1, 0.15) is 16.8 Å². The molecule has 2 unspecified atom stereocenters. The number of carbonyl (C=O) groups is 1. The van der Waals surface area contributed by atoms with Crippen molar-refractivity contribution in [1.29, 1.82) is 0 Å². The first-order valence-electron chi connectivity index (χ1n) is 5.31. The molecule has 4 nitrogen and oxygen atoms in total. The van der Waals surface area contributed by atoms with Crippen LogP contribution in [0.15, 0.2) is 18.3 Å². The highest BCUT2D eigenvalue weighted by Crippen LogP contribution is 2.31. The highest BCUT2D eigenvalue weighted by Gasteiger charge is 2.44. The second kappa shape index (κ2) is 3.71. The third-order valence-corrected chi connectivity index (χ3v) is 3.35. The minimum Gasteiger partial charge on any atom is -0.368 e. The minimum atomic E-state index is -0.0490. The Bertz CT molecular complexity index is 438. The SMILES string of the molecule is O=C(c1cccnc1Cl)N1CCC2OC2C1. The van der Waals surface area contributed by atoms with Gasteiger partial charge in [0.15, 0.2) is 0 Å². The van der Waals surface area contributed by atoms with Crippen molar-refractivity contribution in [2.75, 3.05) is 13.1 Å². The van der Waals surface area contributed by atoms with E-state index in [2.05, 4.69) is 4.98 Å². The maximum absolute atomic E-state index is 12.1. The molecule has 2 fully saturated rings. The number of halogens is 1. The molecule has 84 valence electrons. The number of likely N-dealkylation sites (tertiary alicyclic amines) is 1. The van der Waals surface area contributed by atoms with Crippen LogP contribution in [-0.2, 0) is 4.74 Å². The highest BCUT2D eigenvalue weighted by atomic mass is 35.5. The number of epoxide rings is 1. The van der Waals surface area contributed by atoms with E-state index in [1.165, 1.54) is 0 Å². The summed E-state index contributed by atoms with van der Waals surface area (Å²) in [5.41, 5.74) is 0.475. The Morgan fingerprint density at radius 1 is 1.56 bits per heavy atom. The molecule has 2 aliphatic heterocycles. The van der Waals surface area contributed by atoms with Gasteiger partial charge in [0.25, 0.3) is 5.91 Å². The maximum Gasteiger partial charge on any atom is 0.257 e. The van der Waals surface area contributed by atoms with E-state index in [-0.39, 0.29) is 17.2 Å². The molecule has 0 aliphatic carbocycles. The Kier molecular flexibility index (Phi) is 2.33. The second-order valence-corrected chi connectivity index (χ2v) is 4.45. The van der Waals surface area contributed by atoms with Gasteiger partial charge in [-0.15, -0.1) is 0 Å². The van der Waals surface area contributed by atoms with Gasteiger partial charge in [-0.05, 0) is 18.6 Å². The van der Waals surface area contributed by atoms with E-state index in [4.69, 9.17) is 16.3 Å². The van der Waals surface area contributed by atoms with E-state index < -0.39 is 0 Å². The molecule has 0 N–H and O–H groups in total. The Labute approximate surface area is 98.2 Å². The topological polar surface area (TPSA) is 45.7 Å². The summed E-state index contributed by atoms with van der Waals surface area (Å²) in [4.78, 5) is 17.8. The van der Waals surface area contributed by atoms with Crippen molar-refractivity contribution in [3.05, 3.63) is 29.0 Å². The van der Waals surface area contributed by atoms with Crippen LogP contribution in [-0.4, -0.2) is 41.1 Å². The molecule has 0 saturated carbocycles. The molecule has 2 atom stereocenters. The molecule has 3 rings (SSSR count). The van der Waals surface area contributed by atoms with E-state index in [1.807, 2.05) is 0 Å². The van der Waals surface area contributed by atoms with Gasteiger partial charge >= 0.3 is 0 Å². The van der Waals surface area contributed by atoms with Crippen LogP contribution in [0.2, 0.25) is 5.15 Å². The molecule has 0 aromatic carbocycles. The number of nitrogens with zero attached hydrogens (tertiary/aromatic N) is 2. The predicted molar refractivity (Wildman–Crippen MR) is 58.4 cm³/mol. The van der Waals surface area contributed by atoms with Crippen molar-refractivity contribution < 1.29 is 9.53 Å². The van der Waals surface area contributed by atoms with Crippen molar-refractivity contribution in [2.45, 2.75) is 18.6 Å². The zero-order valence-corrected chi connectivity index (χ0v) is 9.35. The summed E-state index contributed by atoms with van der Waals surface area (Å²) in [7, 11) is 0. The molecular weight excluding hydrogens is 228 g/mol. The number of carbonyl (C=O) groups excluding carboxylic acids is 1. The number of rotatable bonds is 1. The van der Waals surface area contributed by atoms with Crippen molar-refractivity contribution in [3.63, 3.8) is 0 Å². The third kappa shape index (κ3) is 1.68. The van der Waals surface area contributed by atoms with Gasteiger partial charge in [0.05, 0.1) is 11.7 Å². The Morgan fingerprint density at radius 3 is 3.19 bits per heavy atom. The lowest BCUT2D eigenvalue weighted by molar-refractivity contribution is 0.0736. The smallest absolute Gasteiger partial charge is 0.257 e. The number of hydrogen-bond acceptors (Lipinski definition) is 3. The predicted octanol–water partition coefficient (Wildman–Crippen LogP) is 1.35. The molecular formula is C11H11ClN2O2. The molecule has 1 aromatic heterocycles. The number of amides is 1. The molecule has 2 saturated heterocycles. The molecule has 5 heteroatoms. The van der Waals surface area contributed by atoms with Crippen molar-refractivity contribution in [1.82, 2.24) is 9.88 Å². The van der Waals surface area contributed by atoms with Gasteiger partial charge in [-0.3, -0.25) is 4.79 Å². The summed E-state index contributed by atoms with van der Waals surface area (Å²) in [6.07, 6.45) is 3.13. The number of hydrogen-bond donors (Lipinski definition) is 0. The quantitative estimate of drug-likeness (QED) is 0.548. The first kappa shape index (κ1) is 10.1. The molecule has 2 aliphatic rings. The van der Waals surface area contributed by atoms with Gasteiger partial charge in [-0.1, -0.05) is 11.6 Å². The Hall–Kier alpha value is -1.13. The fourth-order valence-electron chi connectivity index (χ4n) is 2.09. The lowest BCUT2D eigenvalue weighted by Gasteiger charge is -2.24. The molecule has 3 heterocycles. The first-order chi connectivity index (χ1) is 7.75. The van der Waals surface area contributed by atoms with E-state index in [0.717, 1.165) is 13.0 Å².